The van der Waals surface area contributed by atoms with E-state index in [4.69, 9.17) is 21.1 Å². The first kappa shape index (κ1) is 21.8. The van der Waals surface area contributed by atoms with E-state index in [1.165, 1.54) is 24.3 Å². The molecule has 0 amide bonds. The van der Waals surface area contributed by atoms with E-state index in [1.807, 2.05) is 0 Å². The second-order valence-electron chi connectivity index (χ2n) is 7.24. The number of aromatic nitrogens is 2. The molecule has 3 aromatic carbocycles. The predicted octanol–water partition coefficient (Wildman–Crippen LogP) is 5.62. The molecule has 0 radical (unpaired) electrons. The molecule has 0 saturated heterocycles. The molecule has 1 aromatic heterocycles. The molecule has 5 rings (SSSR count). The standard InChI is InChI=1S/C23H14ClF3N2O3S/c24-14-1-3-19-17(7-14)22(30)29(20-4-2-15(25)8-18(20)27)23(28-19)33-10-13-6-16(26)5-12-9-31-11-32-21(12)13/h1-8H,9-11H2. The molecular weight excluding hydrogens is 477 g/mol. The molecular formula is C23H14ClF3N2O3S. The molecule has 4 aromatic rings. The molecule has 0 atom stereocenters. The summed E-state index contributed by atoms with van der Waals surface area (Å²) in [4.78, 5) is 17.8. The fourth-order valence-corrected chi connectivity index (χ4v) is 4.76. The Kier molecular flexibility index (Phi) is 5.77. The van der Waals surface area contributed by atoms with Crippen molar-refractivity contribution in [2.24, 2.45) is 0 Å². The van der Waals surface area contributed by atoms with E-state index in [0.717, 1.165) is 22.4 Å². The van der Waals surface area contributed by atoms with Crippen molar-refractivity contribution < 1.29 is 22.6 Å². The first-order valence-electron chi connectivity index (χ1n) is 9.73. The van der Waals surface area contributed by atoms with E-state index >= 15 is 0 Å². The highest BCUT2D eigenvalue weighted by atomic mass is 35.5. The normalized spacial score (nSPS) is 13.1. The summed E-state index contributed by atoms with van der Waals surface area (Å²) in [5.74, 6) is -1.48. The molecule has 1 aliphatic heterocycles. The number of rotatable bonds is 4. The van der Waals surface area contributed by atoms with Crippen molar-refractivity contribution in [2.45, 2.75) is 17.5 Å². The van der Waals surface area contributed by atoms with Gasteiger partial charge in [-0.1, -0.05) is 23.4 Å². The molecule has 0 fully saturated rings. The Labute approximate surface area is 194 Å². The monoisotopic (exact) mass is 490 g/mol. The van der Waals surface area contributed by atoms with Crippen molar-refractivity contribution in [3.63, 3.8) is 0 Å². The summed E-state index contributed by atoms with van der Waals surface area (Å²) in [5, 5.41) is 0.642. The van der Waals surface area contributed by atoms with Gasteiger partial charge in [0, 0.05) is 28.0 Å². The summed E-state index contributed by atoms with van der Waals surface area (Å²) in [7, 11) is 0. The van der Waals surface area contributed by atoms with Gasteiger partial charge in [0.2, 0.25) is 0 Å². The van der Waals surface area contributed by atoms with Crippen molar-refractivity contribution in [2.75, 3.05) is 6.79 Å². The van der Waals surface area contributed by atoms with Gasteiger partial charge in [-0.3, -0.25) is 9.36 Å². The van der Waals surface area contributed by atoms with Crippen molar-refractivity contribution in [1.29, 1.82) is 0 Å². The van der Waals surface area contributed by atoms with Gasteiger partial charge in [0.1, 0.15) is 23.2 Å². The Hall–Kier alpha value is -3.01. The van der Waals surface area contributed by atoms with Gasteiger partial charge in [0.05, 0.1) is 23.2 Å². The SMILES string of the molecule is O=c1c2cc(Cl)ccc2nc(SCc2cc(F)cc3c2OCOC3)n1-c1ccc(F)cc1F. The Balaban J connectivity index is 1.64. The lowest BCUT2D eigenvalue weighted by atomic mass is 10.1. The maximum absolute atomic E-state index is 14.7. The number of benzene rings is 3. The highest BCUT2D eigenvalue weighted by Crippen LogP contribution is 2.34. The number of halogens is 4. The van der Waals surface area contributed by atoms with Crippen molar-refractivity contribution in [1.82, 2.24) is 9.55 Å². The van der Waals surface area contributed by atoms with Crippen LogP contribution in [0.4, 0.5) is 13.2 Å². The van der Waals surface area contributed by atoms with Crippen LogP contribution in [0.3, 0.4) is 0 Å². The van der Waals surface area contributed by atoms with Crippen LogP contribution in [-0.2, 0) is 17.1 Å². The van der Waals surface area contributed by atoms with Gasteiger partial charge < -0.3 is 9.47 Å². The average Bonchev–Trinajstić information content (AvgIpc) is 2.79. The van der Waals surface area contributed by atoms with E-state index in [1.54, 1.807) is 12.1 Å². The van der Waals surface area contributed by atoms with Crippen molar-refractivity contribution in [3.8, 4) is 11.4 Å². The van der Waals surface area contributed by atoms with Gasteiger partial charge >= 0.3 is 0 Å². The molecule has 0 N–H and O–H groups in total. The van der Waals surface area contributed by atoms with Crippen LogP contribution >= 0.6 is 23.4 Å². The molecule has 168 valence electrons. The zero-order valence-electron chi connectivity index (χ0n) is 16.8. The van der Waals surface area contributed by atoms with Gasteiger partial charge in [-0.25, -0.2) is 18.2 Å². The third kappa shape index (κ3) is 4.19. The maximum Gasteiger partial charge on any atom is 0.266 e. The average molecular weight is 491 g/mol. The summed E-state index contributed by atoms with van der Waals surface area (Å²) in [6, 6.07) is 10.2. The van der Waals surface area contributed by atoms with Crippen LogP contribution in [0.15, 0.2) is 58.5 Å². The lowest BCUT2D eigenvalue weighted by Crippen LogP contribution is -2.23. The predicted molar refractivity (Wildman–Crippen MR) is 119 cm³/mol. The topological polar surface area (TPSA) is 53.4 Å². The zero-order valence-corrected chi connectivity index (χ0v) is 18.4. The van der Waals surface area contributed by atoms with Crippen LogP contribution in [-0.4, -0.2) is 16.3 Å². The fraction of sp³-hybridized carbons (Fsp3) is 0.130. The van der Waals surface area contributed by atoms with E-state index in [0.29, 0.717) is 33.5 Å². The fourth-order valence-electron chi connectivity index (χ4n) is 3.62. The molecule has 0 aliphatic carbocycles. The molecule has 2 heterocycles. The highest BCUT2D eigenvalue weighted by Gasteiger charge is 2.20. The van der Waals surface area contributed by atoms with Crippen molar-refractivity contribution >= 4 is 34.3 Å². The van der Waals surface area contributed by atoms with Gasteiger partial charge in [-0.15, -0.1) is 0 Å². The van der Waals surface area contributed by atoms with Crippen LogP contribution in [0.5, 0.6) is 5.75 Å². The van der Waals surface area contributed by atoms with E-state index in [2.05, 4.69) is 4.98 Å². The Bertz CT molecular complexity index is 1460. The maximum atomic E-state index is 14.7. The lowest BCUT2D eigenvalue weighted by Gasteiger charge is -2.21. The number of hydrogen-bond acceptors (Lipinski definition) is 5. The van der Waals surface area contributed by atoms with E-state index in [-0.39, 0.29) is 35.4 Å². The quantitative estimate of drug-likeness (QED) is 0.275. The summed E-state index contributed by atoms with van der Waals surface area (Å²) in [5.41, 5.74) is 0.733. The number of ether oxygens (including phenoxy) is 2. The van der Waals surface area contributed by atoms with Crippen LogP contribution in [0.1, 0.15) is 11.1 Å². The van der Waals surface area contributed by atoms with Gasteiger partial charge in [0.25, 0.3) is 5.56 Å². The van der Waals surface area contributed by atoms with Crippen LogP contribution < -0.4 is 10.3 Å². The molecule has 5 nitrogen and oxygen atoms in total. The first-order valence-corrected chi connectivity index (χ1v) is 11.1. The molecule has 0 spiro atoms. The van der Waals surface area contributed by atoms with Crippen LogP contribution in [0.25, 0.3) is 16.6 Å². The molecule has 10 heteroatoms. The van der Waals surface area contributed by atoms with E-state index < -0.39 is 23.0 Å². The third-order valence-corrected chi connectivity index (χ3v) is 6.28. The summed E-state index contributed by atoms with van der Waals surface area (Å²) in [6.07, 6.45) is 0. The second kappa shape index (κ2) is 8.74. The summed E-state index contributed by atoms with van der Waals surface area (Å²) >= 11 is 7.13. The summed E-state index contributed by atoms with van der Waals surface area (Å²) < 4.78 is 54.1. The minimum Gasteiger partial charge on any atom is -0.467 e. The Morgan fingerprint density at radius 3 is 2.73 bits per heavy atom. The second-order valence-corrected chi connectivity index (χ2v) is 8.62. The molecule has 33 heavy (non-hydrogen) atoms. The third-order valence-electron chi connectivity index (χ3n) is 5.06. The minimum absolute atomic E-state index is 0.0385. The number of hydrogen-bond donors (Lipinski definition) is 0. The number of thioether (sulfide) groups is 1. The molecule has 1 aliphatic rings. The molecule has 0 bridgehead atoms. The molecule has 0 saturated carbocycles. The largest absolute Gasteiger partial charge is 0.467 e. The Morgan fingerprint density at radius 1 is 1.06 bits per heavy atom. The van der Waals surface area contributed by atoms with Crippen LogP contribution in [0.2, 0.25) is 5.02 Å². The Morgan fingerprint density at radius 2 is 1.91 bits per heavy atom. The zero-order chi connectivity index (χ0) is 23.1. The van der Waals surface area contributed by atoms with Crippen molar-refractivity contribution in [3.05, 3.63) is 92.5 Å². The smallest absolute Gasteiger partial charge is 0.266 e. The highest BCUT2D eigenvalue weighted by molar-refractivity contribution is 7.98. The summed E-state index contributed by atoms with van der Waals surface area (Å²) in [6.45, 7) is 0.252. The lowest BCUT2D eigenvalue weighted by molar-refractivity contribution is -0.0171. The minimum atomic E-state index is -0.925. The van der Waals surface area contributed by atoms with Gasteiger partial charge in [-0.2, -0.15) is 0 Å². The first-order chi connectivity index (χ1) is 15.9. The van der Waals surface area contributed by atoms with Gasteiger partial charge in [-0.05, 0) is 42.5 Å². The van der Waals surface area contributed by atoms with E-state index in [9.17, 15) is 18.0 Å². The van der Waals surface area contributed by atoms with Crippen LogP contribution in [0, 0.1) is 17.5 Å². The van der Waals surface area contributed by atoms with Gasteiger partial charge in [0.15, 0.2) is 11.9 Å². The molecule has 0 unspecified atom stereocenters. The number of fused-ring (bicyclic) bond motifs is 2. The number of nitrogens with zero attached hydrogens (tertiary/aromatic N) is 2.